The van der Waals surface area contributed by atoms with E-state index in [1.165, 1.54) is 0 Å². The van der Waals surface area contributed by atoms with Crippen molar-refractivity contribution in [1.29, 1.82) is 0 Å². The molecule has 28 heavy (non-hydrogen) atoms. The third kappa shape index (κ3) is 8.27. The van der Waals surface area contributed by atoms with Crippen LogP contribution in [0, 0.1) is 0 Å². The molecule has 0 bridgehead atoms. The monoisotopic (exact) mass is 390 g/mol. The second-order valence-corrected chi connectivity index (χ2v) is 6.75. The van der Waals surface area contributed by atoms with E-state index in [0.717, 1.165) is 50.5 Å². The van der Waals surface area contributed by atoms with E-state index in [4.69, 9.17) is 9.47 Å². The molecule has 1 heterocycles. The second kappa shape index (κ2) is 13.1. The fraction of sp³-hybridized carbons (Fsp3) is 0.619. The van der Waals surface area contributed by atoms with Crippen LogP contribution in [0.15, 0.2) is 29.3 Å². The molecule has 1 saturated heterocycles. The Kier molecular flexibility index (Phi) is 10.4. The van der Waals surface area contributed by atoms with Gasteiger partial charge >= 0.3 is 0 Å². The third-order valence-corrected chi connectivity index (χ3v) is 4.38. The van der Waals surface area contributed by atoms with Crippen molar-refractivity contribution in [2.24, 2.45) is 4.99 Å². The van der Waals surface area contributed by atoms with Gasteiger partial charge in [-0.25, -0.2) is 4.99 Å². The smallest absolute Gasteiger partial charge is 0.251 e. The topological polar surface area (TPSA) is 84.0 Å². The van der Waals surface area contributed by atoms with Crippen molar-refractivity contribution in [1.82, 2.24) is 16.0 Å². The molecule has 1 atom stereocenters. The van der Waals surface area contributed by atoms with Gasteiger partial charge in [0.1, 0.15) is 0 Å². The van der Waals surface area contributed by atoms with Crippen LogP contribution in [0.4, 0.5) is 0 Å². The van der Waals surface area contributed by atoms with Crippen molar-refractivity contribution in [3.05, 3.63) is 35.4 Å². The van der Waals surface area contributed by atoms with Crippen molar-refractivity contribution in [3.63, 3.8) is 0 Å². The van der Waals surface area contributed by atoms with Gasteiger partial charge in [-0.1, -0.05) is 12.1 Å². The van der Waals surface area contributed by atoms with Gasteiger partial charge in [0.25, 0.3) is 5.91 Å². The van der Waals surface area contributed by atoms with Crippen LogP contribution in [0.1, 0.15) is 49.0 Å². The van der Waals surface area contributed by atoms with Gasteiger partial charge in [0.2, 0.25) is 0 Å². The summed E-state index contributed by atoms with van der Waals surface area (Å²) in [6.07, 6.45) is 3.44. The van der Waals surface area contributed by atoms with Crippen LogP contribution in [-0.4, -0.2) is 57.4 Å². The quantitative estimate of drug-likeness (QED) is 0.306. The molecular weight excluding hydrogens is 356 g/mol. The Labute approximate surface area is 168 Å². The molecule has 3 N–H and O–H groups in total. The molecule has 0 aliphatic carbocycles. The average Bonchev–Trinajstić information content (AvgIpc) is 3.22. The number of hydrogen-bond acceptors (Lipinski definition) is 4. The maximum absolute atomic E-state index is 12.0. The number of amides is 1. The molecule has 0 spiro atoms. The molecule has 1 fully saturated rings. The van der Waals surface area contributed by atoms with Crippen LogP contribution < -0.4 is 16.0 Å². The zero-order chi connectivity index (χ0) is 20.0. The Morgan fingerprint density at radius 3 is 2.86 bits per heavy atom. The number of hydrogen-bond donors (Lipinski definition) is 3. The van der Waals surface area contributed by atoms with Crippen LogP contribution in [0.5, 0.6) is 0 Å². The number of ether oxygens (including phenoxy) is 2. The zero-order valence-corrected chi connectivity index (χ0v) is 17.1. The number of carbonyl (C=O) groups excluding carboxylic acids is 1. The van der Waals surface area contributed by atoms with Gasteiger partial charge in [-0.2, -0.15) is 0 Å². The first-order valence-corrected chi connectivity index (χ1v) is 10.3. The highest BCUT2D eigenvalue weighted by molar-refractivity contribution is 5.94. The first-order chi connectivity index (χ1) is 13.7. The average molecular weight is 391 g/mol. The lowest BCUT2D eigenvalue weighted by atomic mass is 10.1. The van der Waals surface area contributed by atoms with E-state index in [2.05, 4.69) is 20.9 Å². The number of aliphatic imine (C=N–C) groups is 1. The molecule has 0 aromatic heterocycles. The van der Waals surface area contributed by atoms with E-state index in [0.29, 0.717) is 31.9 Å². The van der Waals surface area contributed by atoms with Crippen molar-refractivity contribution < 1.29 is 14.3 Å². The molecule has 0 saturated carbocycles. The number of guanidine groups is 1. The van der Waals surface area contributed by atoms with Gasteiger partial charge in [-0.05, 0) is 50.8 Å². The van der Waals surface area contributed by atoms with Crippen molar-refractivity contribution in [2.75, 3.05) is 39.5 Å². The second-order valence-electron chi connectivity index (χ2n) is 6.75. The zero-order valence-electron chi connectivity index (χ0n) is 17.1. The van der Waals surface area contributed by atoms with Gasteiger partial charge in [-0.3, -0.25) is 4.79 Å². The van der Waals surface area contributed by atoms with Crippen LogP contribution >= 0.6 is 0 Å². The number of nitrogens with one attached hydrogen (secondary N) is 3. The Hall–Kier alpha value is -2.12. The van der Waals surface area contributed by atoms with E-state index < -0.39 is 0 Å². The summed E-state index contributed by atoms with van der Waals surface area (Å²) in [5.41, 5.74) is 1.66. The lowest BCUT2D eigenvalue weighted by Crippen LogP contribution is -2.38. The fourth-order valence-electron chi connectivity index (χ4n) is 2.96. The molecule has 1 amide bonds. The molecule has 1 aromatic rings. The first kappa shape index (κ1) is 22.2. The van der Waals surface area contributed by atoms with Crippen molar-refractivity contribution in [3.8, 4) is 0 Å². The van der Waals surface area contributed by atoms with Crippen LogP contribution in [0.3, 0.4) is 0 Å². The summed E-state index contributed by atoms with van der Waals surface area (Å²) in [5, 5.41) is 9.39. The predicted octanol–water partition coefficient (Wildman–Crippen LogP) is 2.08. The van der Waals surface area contributed by atoms with Gasteiger partial charge < -0.3 is 25.4 Å². The molecule has 1 aliphatic heterocycles. The van der Waals surface area contributed by atoms with E-state index in [1.807, 2.05) is 38.1 Å². The summed E-state index contributed by atoms with van der Waals surface area (Å²) in [4.78, 5) is 16.6. The Balaban J connectivity index is 1.73. The van der Waals surface area contributed by atoms with Gasteiger partial charge in [0.15, 0.2) is 5.96 Å². The summed E-state index contributed by atoms with van der Waals surface area (Å²) >= 11 is 0. The van der Waals surface area contributed by atoms with Crippen molar-refractivity contribution >= 4 is 11.9 Å². The molecule has 1 aliphatic rings. The first-order valence-electron chi connectivity index (χ1n) is 10.3. The van der Waals surface area contributed by atoms with Gasteiger partial charge in [-0.15, -0.1) is 0 Å². The number of nitrogens with zero attached hydrogens (tertiary/aromatic N) is 1. The van der Waals surface area contributed by atoms with Crippen LogP contribution in [-0.2, 0) is 16.0 Å². The lowest BCUT2D eigenvalue weighted by Gasteiger charge is -2.13. The summed E-state index contributed by atoms with van der Waals surface area (Å²) < 4.78 is 11.2. The maximum atomic E-state index is 12.0. The largest absolute Gasteiger partial charge is 0.379 e. The highest BCUT2D eigenvalue weighted by Crippen LogP contribution is 2.11. The number of benzene rings is 1. The Bertz CT molecular complexity index is 615. The standard InChI is InChI=1S/C21H34N4O3/c1-3-22-20(26)18-9-5-8-17(14-18)15-25-21(23-4-2)24-11-7-12-27-16-19-10-6-13-28-19/h5,8-9,14,19H,3-4,6-7,10-13,15-16H2,1-2H3,(H,22,26)(H2,23,24,25). The normalized spacial score (nSPS) is 16.8. The van der Waals surface area contributed by atoms with Crippen LogP contribution in [0.25, 0.3) is 0 Å². The van der Waals surface area contributed by atoms with Gasteiger partial charge in [0, 0.05) is 38.4 Å². The van der Waals surface area contributed by atoms with Gasteiger partial charge in [0.05, 0.1) is 19.3 Å². The minimum atomic E-state index is -0.0543. The summed E-state index contributed by atoms with van der Waals surface area (Å²) in [7, 11) is 0. The molecule has 2 rings (SSSR count). The molecule has 7 nitrogen and oxygen atoms in total. The Morgan fingerprint density at radius 2 is 2.11 bits per heavy atom. The summed E-state index contributed by atoms with van der Waals surface area (Å²) in [6.45, 7) is 8.93. The molecule has 1 aromatic carbocycles. The summed E-state index contributed by atoms with van der Waals surface area (Å²) in [5.74, 6) is 0.714. The third-order valence-electron chi connectivity index (χ3n) is 4.38. The molecule has 156 valence electrons. The fourth-order valence-corrected chi connectivity index (χ4v) is 2.96. The lowest BCUT2D eigenvalue weighted by molar-refractivity contribution is 0.0168. The predicted molar refractivity (Wildman–Crippen MR) is 112 cm³/mol. The highest BCUT2D eigenvalue weighted by Gasteiger charge is 2.14. The van der Waals surface area contributed by atoms with E-state index in [-0.39, 0.29) is 12.0 Å². The van der Waals surface area contributed by atoms with E-state index in [1.54, 1.807) is 0 Å². The van der Waals surface area contributed by atoms with Crippen LogP contribution in [0.2, 0.25) is 0 Å². The minimum Gasteiger partial charge on any atom is -0.379 e. The highest BCUT2D eigenvalue weighted by atomic mass is 16.5. The molecule has 1 unspecified atom stereocenters. The maximum Gasteiger partial charge on any atom is 0.251 e. The molecule has 7 heteroatoms. The number of carbonyl (C=O) groups is 1. The van der Waals surface area contributed by atoms with Crippen molar-refractivity contribution in [2.45, 2.75) is 45.8 Å². The molecular formula is C21H34N4O3. The SMILES string of the molecule is CCNC(=O)c1cccc(CN=C(NCC)NCCCOCC2CCCO2)c1. The summed E-state index contributed by atoms with van der Waals surface area (Å²) in [6, 6.07) is 7.57. The minimum absolute atomic E-state index is 0.0543. The Morgan fingerprint density at radius 1 is 1.25 bits per heavy atom. The number of rotatable bonds is 11. The molecule has 0 radical (unpaired) electrons. The van der Waals surface area contributed by atoms with E-state index >= 15 is 0 Å². The van der Waals surface area contributed by atoms with E-state index in [9.17, 15) is 4.79 Å².